The van der Waals surface area contributed by atoms with E-state index < -0.39 is 5.41 Å². The van der Waals surface area contributed by atoms with Gasteiger partial charge in [0.2, 0.25) is 5.91 Å². The number of anilines is 1. The van der Waals surface area contributed by atoms with E-state index in [9.17, 15) is 10.1 Å². The number of aromatic nitrogens is 1. The van der Waals surface area contributed by atoms with E-state index in [1.165, 1.54) is 19.3 Å². The SMILES string of the molecule is CCCCCCCC(=O)N1CC(C)(CC(C)(C)C#N)c2cnccc21. The van der Waals surface area contributed by atoms with E-state index in [1.54, 1.807) is 6.20 Å². The molecule has 4 nitrogen and oxygen atoms in total. The smallest absolute Gasteiger partial charge is 0.227 e. The van der Waals surface area contributed by atoms with Gasteiger partial charge in [-0.15, -0.1) is 0 Å². The summed E-state index contributed by atoms with van der Waals surface area (Å²) in [7, 11) is 0. The zero-order chi connectivity index (χ0) is 18.5. The topological polar surface area (TPSA) is 57.0 Å². The van der Waals surface area contributed by atoms with Crippen LogP contribution in [-0.2, 0) is 10.2 Å². The van der Waals surface area contributed by atoms with Crippen molar-refractivity contribution in [1.82, 2.24) is 4.98 Å². The molecule has 4 heteroatoms. The summed E-state index contributed by atoms with van der Waals surface area (Å²) in [5.74, 6) is 0.197. The lowest BCUT2D eigenvalue weighted by Gasteiger charge is -2.31. The van der Waals surface area contributed by atoms with Gasteiger partial charge >= 0.3 is 0 Å². The third-order valence-electron chi connectivity index (χ3n) is 5.18. The van der Waals surface area contributed by atoms with E-state index in [1.807, 2.05) is 31.0 Å². The minimum atomic E-state index is -0.429. The minimum absolute atomic E-state index is 0.197. The molecule has 0 fully saturated rings. The molecule has 0 saturated heterocycles. The number of carbonyl (C=O) groups is 1. The Labute approximate surface area is 152 Å². The van der Waals surface area contributed by atoms with Crippen molar-refractivity contribution in [3.8, 4) is 6.07 Å². The molecule has 1 amide bonds. The summed E-state index contributed by atoms with van der Waals surface area (Å²) in [6.45, 7) is 8.93. The van der Waals surface area contributed by atoms with Gasteiger partial charge in [0.25, 0.3) is 0 Å². The molecular weight excluding hydrogens is 310 g/mol. The summed E-state index contributed by atoms with van der Waals surface area (Å²) in [4.78, 5) is 19.0. The second-order valence-corrected chi connectivity index (χ2v) is 8.27. The molecule has 1 unspecified atom stereocenters. The zero-order valence-corrected chi connectivity index (χ0v) is 16.1. The molecule has 2 rings (SSSR count). The number of pyridine rings is 1. The van der Waals surface area contributed by atoms with Gasteiger partial charge < -0.3 is 4.90 Å². The molecule has 1 atom stereocenters. The van der Waals surface area contributed by atoms with E-state index in [0.717, 1.165) is 30.5 Å². The van der Waals surface area contributed by atoms with Crippen molar-refractivity contribution in [3.63, 3.8) is 0 Å². The molecule has 1 aliphatic heterocycles. The Balaban J connectivity index is 2.12. The van der Waals surface area contributed by atoms with Gasteiger partial charge in [-0.05, 0) is 32.8 Å². The van der Waals surface area contributed by atoms with Crippen LogP contribution in [0.15, 0.2) is 18.5 Å². The van der Waals surface area contributed by atoms with Crippen molar-refractivity contribution in [2.45, 2.75) is 78.1 Å². The zero-order valence-electron chi connectivity index (χ0n) is 16.1. The van der Waals surface area contributed by atoms with Crippen molar-refractivity contribution < 1.29 is 4.79 Å². The summed E-state index contributed by atoms with van der Waals surface area (Å²) >= 11 is 0. The molecule has 1 aliphatic rings. The quantitative estimate of drug-likeness (QED) is 0.626. The Morgan fingerprint density at radius 3 is 2.76 bits per heavy atom. The highest BCUT2D eigenvalue weighted by molar-refractivity contribution is 5.96. The number of rotatable bonds is 8. The van der Waals surface area contributed by atoms with Gasteiger partial charge in [-0.1, -0.05) is 39.5 Å². The summed E-state index contributed by atoms with van der Waals surface area (Å²) in [6, 6.07) is 4.34. The van der Waals surface area contributed by atoms with Crippen LogP contribution in [0.4, 0.5) is 5.69 Å². The maximum Gasteiger partial charge on any atom is 0.227 e. The lowest BCUT2D eigenvalue weighted by Crippen LogP contribution is -2.37. The monoisotopic (exact) mass is 341 g/mol. The number of fused-ring (bicyclic) bond motifs is 1. The summed E-state index contributed by atoms with van der Waals surface area (Å²) < 4.78 is 0. The first kappa shape index (κ1) is 19.4. The molecule has 0 saturated carbocycles. The number of unbranched alkanes of at least 4 members (excludes halogenated alkanes) is 4. The van der Waals surface area contributed by atoms with Crippen molar-refractivity contribution >= 4 is 11.6 Å². The Morgan fingerprint density at radius 1 is 1.36 bits per heavy atom. The Bertz CT molecular complexity index is 647. The van der Waals surface area contributed by atoms with Crippen LogP contribution in [-0.4, -0.2) is 17.4 Å². The van der Waals surface area contributed by atoms with Gasteiger partial charge in [-0.3, -0.25) is 9.78 Å². The Hall–Kier alpha value is -1.89. The lowest BCUT2D eigenvalue weighted by atomic mass is 9.72. The van der Waals surface area contributed by atoms with Crippen LogP contribution >= 0.6 is 0 Å². The van der Waals surface area contributed by atoms with Crippen LogP contribution in [0.1, 0.15) is 78.2 Å². The first-order valence-corrected chi connectivity index (χ1v) is 9.49. The van der Waals surface area contributed by atoms with Gasteiger partial charge in [-0.25, -0.2) is 0 Å². The number of nitrogens with zero attached hydrogens (tertiary/aromatic N) is 3. The fraction of sp³-hybridized carbons (Fsp3) is 0.667. The highest BCUT2D eigenvalue weighted by atomic mass is 16.2. The first-order valence-electron chi connectivity index (χ1n) is 9.49. The molecule has 0 radical (unpaired) electrons. The van der Waals surface area contributed by atoms with Crippen LogP contribution in [0.3, 0.4) is 0 Å². The molecule has 1 aromatic rings. The molecule has 136 valence electrons. The maximum atomic E-state index is 12.8. The predicted octanol–water partition coefficient (Wildman–Crippen LogP) is 4.99. The number of carbonyl (C=O) groups excluding carboxylic acids is 1. The average molecular weight is 341 g/mol. The highest BCUT2D eigenvalue weighted by Crippen LogP contribution is 2.46. The second-order valence-electron chi connectivity index (χ2n) is 8.27. The van der Waals surface area contributed by atoms with Gasteiger partial charge in [0, 0.05) is 36.3 Å². The number of nitriles is 1. The van der Waals surface area contributed by atoms with Crippen LogP contribution in [0.5, 0.6) is 0 Å². The summed E-state index contributed by atoms with van der Waals surface area (Å²) in [5.41, 5.74) is 1.42. The largest absolute Gasteiger partial charge is 0.311 e. The van der Waals surface area contributed by atoms with E-state index in [0.29, 0.717) is 13.0 Å². The third-order valence-corrected chi connectivity index (χ3v) is 5.18. The fourth-order valence-electron chi connectivity index (χ4n) is 4.01. The number of amides is 1. The van der Waals surface area contributed by atoms with Crippen molar-refractivity contribution in [3.05, 3.63) is 24.0 Å². The van der Waals surface area contributed by atoms with Crippen molar-refractivity contribution in [1.29, 1.82) is 5.26 Å². The Morgan fingerprint density at radius 2 is 2.08 bits per heavy atom. The minimum Gasteiger partial charge on any atom is -0.311 e. The lowest BCUT2D eigenvalue weighted by molar-refractivity contribution is -0.118. The summed E-state index contributed by atoms with van der Waals surface area (Å²) in [6.07, 6.45) is 10.7. The first-order chi connectivity index (χ1) is 11.8. The predicted molar refractivity (Wildman–Crippen MR) is 101 cm³/mol. The standard InChI is InChI=1S/C21H31N3O/c1-5-6-7-8-9-10-19(25)24-16-21(4,14-20(2,3)15-22)17-13-23-12-11-18(17)24/h11-13H,5-10,14,16H2,1-4H3. The summed E-state index contributed by atoms with van der Waals surface area (Å²) in [5, 5.41) is 9.43. The highest BCUT2D eigenvalue weighted by Gasteiger charge is 2.44. The van der Waals surface area contributed by atoms with Gasteiger partial charge in [-0.2, -0.15) is 5.26 Å². The average Bonchev–Trinajstić information content (AvgIpc) is 2.87. The molecule has 2 heterocycles. The number of hydrogen-bond donors (Lipinski definition) is 0. The normalized spacial score (nSPS) is 19.6. The fourth-order valence-corrected chi connectivity index (χ4v) is 4.01. The van der Waals surface area contributed by atoms with Gasteiger partial charge in [0.15, 0.2) is 0 Å². The van der Waals surface area contributed by atoms with Crippen LogP contribution in [0.2, 0.25) is 0 Å². The maximum absolute atomic E-state index is 12.8. The van der Waals surface area contributed by atoms with Crippen molar-refractivity contribution in [2.75, 3.05) is 11.4 Å². The molecule has 0 bridgehead atoms. The second kappa shape index (κ2) is 7.99. The van der Waals surface area contributed by atoms with Gasteiger partial charge in [0.05, 0.1) is 17.2 Å². The van der Waals surface area contributed by atoms with E-state index in [4.69, 9.17) is 0 Å². The third kappa shape index (κ3) is 4.60. The van der Waals surface area contributed by atoms with E-state index in [-0.39, 0.29) is 11.3 Å². The Kier molecular flexibility index (Phi) is 6.21. The van der Waals surface area contributed by atoms with Crippen LogP contribution in [0.25, 0.3) is 0 Å². The van der Waals surface area contributed by atoms with E-state index in [2.05, 4.69) is 24.9 Å². The molecule has 1 aromatic heterocycles. The molecular formula is C21H31N3O. The number of hydrogen-bond acceptors (Lipinski definition) is 3. The molecule has 0 aromatic carbocycles. The van der Waals surface area contributed by atoms with Crippen molar-refractivity contribution in [2.24, 2.45) is 5.41 Å². The van der Waals surface area contributed by atoms with E-state index >= 15 is 0 Å². The molecule has 25 heavy (non-hydrogen) atoms. The molecule has 0 N–H and O–H groups in total. The van der Waals surface area contributed by atoms with Crippen LogP contribution < -0.4 is 4.90 Å². The molecule has 0 aliphatic carbocycles. The van der Waals surface area contributed by atoms with Gasteiger partial charge in [0.1, 0.15) is 0 Å². The van der Waals surface area contributed by atoms with Crippen LogP contribution in [0, 0.1) is 16.7 Å². The molecule has 0 spiro atoms.